The first kappa shape index (κ1) is 17.5. The number of imidazole rings is 1. The van der Waals surface area contributed by atoms with Gasteiger partial charge >= 0.3 is 5.82 Å². The van der Waals surface area contributed by atoms with E-state index in [1.54, 1.807) is 11.6 Å². The minimum absolute atomic E-state index is 0.0251. The molecule has 1 N–H and O–H groups in total. The van der Waals surface area contributed by atoms with Gasteiger partial charge in [-0.1, -0.05) is 29.5 Å². The number of rotatable bonds is 5. The number of nitrogens with one attached hydrogen (secondary N) is 1. The van der Waals surface area contributed by atoms with Crippen LogP contribution in [0.3, 0.4) is 0 Å². The first-order valence-corrected chi connectivity index (χ1v) is 9.69. The second-order valence-electron chi connectivity index (χ2n) is 6.58. The van der Waals surface area contributed by atoms with Gasteiger partial charge in [-0.25, -0.2) is 0 Å². The fourth-order valence-corrected chi connectivity index (χ4v) is 4.12. The van der Waals surface area contributed by atoms with Gasteiger partial charge < -0.3 is 20.3 Å². The quantitative estimate of drug-likeness (QED) is 0.537. The molecule has 0 bridgehead atoms. The van der Waals surface area contributed by atoms with E-state index in [4.69, 9.17) is 0 Å². The molecule has 1 fully saturated rings. The molecule has 0 radical (unpaired) electrons. The topological polar surface area (TPSA) is 92.8 Å². The number of anilines is 1. The van der Waals surface area contributed by atoms with Crippen molar-refractivity contribution >= 4 is 33.8 Å². The van der Waals surface area contributed by atoms with Crippen LogP contribution >= 0.6 is 11.3 Å². The Bertz CT molecular complexity index is 960. The molecule has 1 aliphatic rings. The molecule has 0 atom stereocenters. The van der Waals surface area contributed by atoms with Crippen LogP contribution in [-0.4, -0.2) is 44.7 Å². The van der Waals surface area contributed by atoms with Crippen LogP contribution in [0.4, 0.5) is 11.6 Å². The molecule has 0 aliphatic carbocycles. The number of carbonyl (C=O) groups excluding carboxylic acids is 1. The maximum absolute atomic E-state index is 12.5. The molecule has 1 aliphatic heterocycles. The van der Waals surface area contributed by atoms with Crippen molar-refractivity contribution in [1.29, 1.82) is 0 Å². The highest BCUT2D eigenvalue weighted by Gasteiger charge is 2.26. The van der Waals surface area contributed by atoms with Gasteiger partial charge in [0.05, 0.1) is 0 Å². The lowest BCUT2D eigenvalue weighted by Gasteiger charge is -2.32. The van der Waals surface area contributed by atoms with Gasteiger partial charge in [0.1, 0.15) is 6.20 Å². The normalized spacial score (nSPS) is 15.2. The van der Waals surface area contributed by atoms with Gasteiger partial charge in [0.15, 0.2) is 0 Å². The maximum Gasteiger partial charge on any atom is 0.372 e. The Hall–Kier alpha value is -2.94. The largest absolute Gasteiger partial charge is 0.372 e. The Morgan fingerprint density at radius 3 is 2.74 bits per heavy atom. The predicted molar refractivity (Wildman–Crippen MR) is 103 cm³/mol. The second-order valence-corrected chi connectivity index (χ2v) is 7.45. The third kappa shape index (κ3) is 3.50. The van der Waals surface area contributed by atoms with E-state index in [2.05, 4.69) is 10.3 Å². The molecule has 3 heterocycles. The summed E-state index contributed by atoms with van der Waals surface area (Å²) in [5.74, 6) is 0.703. The van der Waals surface area contributed by atoms with Crippen molar-refractivity contribution in [2.24, 2.45) is 5.92 Å². The second kappa shape index (κ2) is 7.36. The zero-order chi connectivity index (χ0) is 18.8. The summed E-state index contributed by atoms with van der Waals surface area (Å²) in [6.45, 7) is 2.00. The van der Waals surface area contributed by atoms with Gasteiger partial charge in [0.2, 0.25) is 5.82 Å². The van der Waals surface area contributed by atoms with Gasteiger partial charge in [-0.15, -0.1) is 0 Å². The lowest BCUT2D eigenvalue weighted by Crippen LogP contribution is -2.39. The fraction of sp³-hybridized carbons (Fsp3) is 0.333. The van der Waals surface area contributed by atoms with E-state index in [-0.39, 0.29) is 11.7 Å². The molecule has 1 saturated heterocycles. The van der Waals surface area contributed by atoms with Gasteiger partial charge in [-0.05, 0) is 35.8 Å². The van der Waals surface area contributed by atoms with E-state index in [0.717, 1.165) is 12.8 Å². The fourth-order valence-electron chi connectivity index (χ4n) is 3.41. The van der Waals surface area contributed by atoms with Crippen LogP contribution < -0.4 is 5.32 Å². The van der Waals surface area contributed by atoms with E-state index in [0.29, 0.717) is 41.9 Å². The molecular formula is C18H19N5O3S. The zero-order valence-electron chi connectivity index (χ0n) is 14.6. The molecule has 1 aromatic carbocycles. The van der Waals surface area contributed by atoms with Crippen molar-refractivity contribution < 1.29 is 9.72 Å². The first-order chi connectivity index (χ1) is 13.1. The molecular weight excluding hydrogens is 366 g/mol. The lowest BCUT2D eigenvalue weighted by molar-refractivity contribution is -0.389. The zero-order valence-corrected chi connectivity index (χ0v) is 15.4. The smallest absolute Gasteiger partial charge is 0.363 e. The Kier molecular flexibility index (Phi) is 4.76. The van der Waals surface area contributed by atoms with Crippen LogP contribution in [-0.2, 0) is 0 Å². The number of aromatic nitrogens is 2. The highest BCUT2D eigenvalue weighted by atomic mass is 32.1. The lowest BCUT2D eigenvalue weighted by atomic mass is 9.96. The van der Waals surface area contributed by atoms with E-state index < -0.39 is 4.92 Å². The molecule has 9 heteroatoms. The number of carbonyl (C=O) groups is 1. The molecule has 0 saturated carbocycles. The molecule has 4 rings (SSSR count). The summed E-state index contributed by atoms with van der Waals surface area (Å²) in [5.41, 5.74) is 0.711. The van der Waals surface area contributed by atoms with Crippen LogP contribution in [0.5, 0.6) is 0 Å². The third-order valence-electron chi connectivity index (χ3n) is 4.89. The number of nitro groups is 1. The highest BCUT2D eigenvalue weighted by Crippen LogP contribution is 2.29. The number of nitrogens with zero attached hydrogens (tertiary/aromatic N) is 4. The van der Waals surface area contributed by atoms with Crippen LogP contribution in [0.2, 0.25) is 0 Å². The van der Waals surface area contributed by atoms with Gasteiger partial charge in [-0.3, -0.25) is 4.79 Å². The number of fused-ring (bicyclic) bond motifs is 1. The molecule has 2 aromatic heterocycles. The first-order valence-electron chi connectivity index (χ1n) is 8.81. The maximum atomic E-state index is 12.5. The Morgan fingerprint density at radius 2 is 2.04 bits per heavy atom. The highest BCUT2D eigenvalue weighted by molar-refractivity contribution is 7.15. The van der Waals surface area contributed by atoms with Crippen molar-refractivity contribution in [2.75, 3.05) is 25.0 Å². The number of hydrogen-bond acceptors (Lipinski definition) is 6. The van der Waals surface area contributed by atoms with E-state index in [9.17, 15) is 14.9 Å². The molecule has 27 heavy (non-hydrogen) atoms. The molecule has 8 nitrogen and oxygen atoms in total. The minimum atomic E-state index is -0.407. The summed E-state index contributed by atoms with van der Waals surface area (Å²) in [5, 5.41) is 16.3. The molecule has 0 spiro atoms. The predicted octanol–water partition coefficient (Wildman–Crippen LogP) is 3.27. The van der Waals surface area contributed by atoms with Gasteiger partial charge in [0.25, 0.3) is 10.9 Å². The summed E-state index contributed by atoms with van der Waals surface area (Å²) in [7, 11) is 0. The molecule has 1 amide bonds. The Morgan fingerprint density at radius 1 is 1.30 bits per heavy atom. The number of piperidine rings is 1. The Balaban J connectivity index is 1.35. The number of likely N-dealkylation sites (tertiary alicyclic amines) is 1. The third-order valence-corrected chi connectivity index (χ3v) is 5.65. The number of hydrogen-bond donors (Lipinski definition) is 1. The summed E-state index contributed by atoms with van der Waals surface area (Å²) < 4.78 is 1.49. The number of benzene rings is 1. The average molecular weight is 385 g/mol. The van der Waals surface area contributed by atoms with Crippen molar-refractivity contribution in [3.05, 3.63) is 57.6 Å². The summed E-state index contributed by atoms with van der Waals surface area (Å²) in [6, 6.07) is 9.30. The van der Waals surface area contributed by atoms with Crippen molar-refractivity contribution in [1.82, 2.24) is 14.3 Å². The van der Waals surface area contributed by atoms with Crippen LogP contribution in [0.1, 0.15) is 23.2 Å². The van der Waals surface area contributed by atoms with Crippen LogP contribution in [0, 0.1) is 16.0 Å². The van der Waals surface area contributed by atoms with E-state index >= 15 is 0 Å². The summed E-state index contributed by atoms with van der Waals surface area (Å²) >= 11 is 1.37. The SMILES string of the molecule is O=C(c1ccccc1)N1CCC(CNc2nc3sccn3c2[N+](=O)[O-])CC1. The molecule has 0 unspecified atom stereocenters. The van der Waals surface area contributed by atoms with E-state index in [1.807, 2.05) is 35.2 Å². The number of amides is 1. The monoisotopic (exact) mass is 385 g/mol. The minimum Gasteiger partial charge on any atom is -0.363 e. The summed E-state index contributed by atoms with van der Waals surface area (Å²) in [4.78, 5) is 30.3. The average Bonchev–Trinajstić information content (AvgIpc) is 3.27. The standard InChI is InChI=1S/C18H19N5O3S/c24-17(14-4-2-1-3-5-14)21-8-6-13(7-9-21)12-19-15-16(23(25)26)22-10-11-27-18(22)20-15/h1-5,10-11,13,19H,6-9,12H2. The molecule has 3 aromatic rings. The van der Waals surface area contributed by atoms with Crippen LogP contribution in [0.25, 0.3) is 4.96 Å². The van der Waals surface area contributed by atoms with Gasteiger partial charge in [0, 0.05) is 30.6 Å². The van der Waals surface area contributed by atoms with Crippen molar-refractivity contribution in [3.63, 3.8) is 0 Å². The van der Waals surface area contributed by atoms with Crippen molar-refractivity contribution in [2.45, 2.75) is 12.8 Å². The van der Waals surface area contributed by atoms with Crippen molar-refractivity contribution in [3.8, 4) is 0 Å². The summed E-state index contributed by atoms with van der Waals surface area (Å²) in [6.07, 6.45) is 3.38. The van der Waals surface area contributed by atoms with Crippen LogP contribution in [0.15, 0.2) is 41.9 Å². The van der Waals surface area contributed by atoms with E-state index in [1.165, 1.54) is 15.7 Å². The number of thiazole rings is 1. The van der Waals surface area contributed by atoms with Gasteiger partial charge in [-0.2, -0.15) is 9.38 Å². The Labute approximate surface area is 159 Å². The molecule has 140 valence electrons.